The Morgan fingerprint density at radius 2 is 1.35 bits per heavy atom. The van der Waals surface area contributed by atoms with Gasteiger partial charge in [0.1, 0.15) is 19.0 Å². The molecule has 0 saturated carbocycles. The van der Waals surface area contributed by atoms with Crippen molar-refractivity contribution in [3.05, 3.63) is 0 Å². The highest BCUT2D eigenvalue weighted by Crippen LogP contribution is 2.06. The van der Waals surface area contributed by atoms with Crippen LogP contribution in [0.4, 0.5) is 13.2 Å². The minimum atomic E-state index is -1.21. The van der Waals surface area contributed by atoms with Crippen LogP contribution in [0.15, 0.2) is 0 Å². The predicted octanol–water partition coefficient (Wildman–Crippen LogP) is 2.79. The molecule has 3 nitrogen and oxygen atoms in total. The van der Waals surface area contributed by atoms with Crippen molar-refractivity contribution in [2.24, 2.45) is 0 Å². The Bertz CT molecular complexity index is 158. The molecule has 2 unspecified atom stereocenters. The van der Waals surface area contributed by atoms with Crippen molar-refractivity contribution in [2.75, 3.05) is 26.5 Å². The van der Waals surface area contributed by atoms with Crippen molar-refractivity contribution in [1.82, 2.24) is 0 Å². The van der Waals surface area contributed by atoms with Crippen LogP contribution in [-0.4, -0.2) is 45.3 Å². The van der Waals surface area contributed by atoms with Crippen molar-refractivity contribution >= 4 is 0 Å². The van der Waals surface area contributed by atoms with Crippen LogP contribution < -0.4 is 0 Å². The van der Waals surface area contributed by atoms with Crippen LogP contribution in [0.25, 0.3) is 0 Å². The van der Waals surface area contributed by atoms with Crippen LogP contribution in [0.3, 0.4) is 0 Å². The Kier molecular flexibility index (Phi) is 10.6. The van der Waals surface area contributed by atoms with Gasteiger partial charge in [0.2, 0.25) is 0 Å². The summed E-state index contributed by atoms with van der Waals surface area (Å²) in [5, 5.41) is 0. The Labute approximate surface area is 100 Å². The molecule has 0 aromatic rings. The molecular formula is C11H21F3O3. The average molecular weight is 258 g/mol. The highest BCUT2D eigenvalue weighted by atomic mass is 19.1. The minimum Gasteiger partial charge on any atom is -0.327 e. The summed E-state index contributed by atoms with van der Waals surface area (Å²) < 4.78 is 52.4. The minimum absolute atomic E-state index is 0.212. The molecule has 0 spiro atoms. The highest BCUT2D eigenvalue weighted by Gasteiger charge is 2.15. The molecule has 6 heteroatoms. The van der Waals surface area contributed by atoms with E-state index in [4.69, 9.17) is 14.2 Å². The van der Waals surface area contributed by atoms with Crippen molar-refractivity contribution in [2.45, 2.75) is 45.5 Å². The van der Waals surface area contributed by atoms with Crippen molar-refractivity contribution < 1.29 is 27.4 Å². The summed E-state index contributed by atoms with van der Waals surface area (Å²) >= 11 is 0. The van der Waals surface area contributed by atoms with Gasteiger partial charge in [-0.05, 0) is 12.8 Å². The summed E-state index contributed by atoms with van der Waals surface area (Å²) in [7, 11) is 0. The zero-order chi connectivity index (χ0) is 13.1. The molecule has 0 aliphatic carbocycles. The standard InChI is InChI=1S/C11H21F3O3/c1-3-9(13)7-16-11(15-6-5-12)17-8-10(14)4-2/h9-11H,3-8H2,1-2H3. The predicted molar refractivity (Wildman–Crippen MR) is 58.0 cm³/mol. The first kappa shape index (κ1) is 16.7. The smallest absolute Gasteiger partial charge is 0.271 e. The first-order valence-electron chi connectivity index (χ1n) is 5.82. The van der Waals surface area contributed by atoms with Gasteiger partial charge in [0, 0.05) is 0 Å². The molecule has 0 bridgehead atoms. The third-order valence-electron chi connectivity index (χ3n) is 2.04. The van der Waals surface area contributed by atoms with Gasteiger partial charge in [0.05, 0.1) is 19.8 Å². The lowest BCUT2D eigenvalue weighted by atomic mass is 10.3. The molecule has 0 aliphatic heterocycles. The largest absolute Gasteiger partial charge is 0.327 e. The van der Waals surface area contributed by atoms with Crippen LogP contribution in [0.2, 0.25) is 0 Å². The van der Waals surface area contributed by atoms with E-state index in [1.165, 1.54) is 0 Å². The molecule has 0 N–H and O–H groups in total. The molecule has 2 atom stereocenters. The maximum Gasteiger partial charge on any atom is 0.271 e. The topological polar surface area (TPSA) is 27.7 Å². The summed E-state index contributed by atoms with van der Waals surface area (Å²) in [5.41, 5.74) is 0. The van der Waals surface area contributed by atoms with Gasteiger partial charge in [-0.15, -0.1) is 0 Å². The Balaban J connectivity index is 3.86. The van der Waals surface area contributed by atoms with E-state index in [0.29, 0.717) is 12.8 Å². The van der Waals surface area contributed by atoms with Crippen LogP contribution in [0.5, 0.6) is 0 Å². The maximum atomic E-state index is 12.9. The fourth-order valence-electron chi connectivity index (χ4n) is 0.887. The number of hydrogen-bond acceptors (Lipinski definition) is 3. The molecule has 0 radical (unpaired) electrons. The first-order chi connectivity index (χ1) is 8.13. The van der Waals surface area contributed by atoms with Crippen LogP contribution in [0.1, 0.15) is 26.7 Å². The second-order valence-corrected chi connectivity index (χ2v) is 3.53. The lowest BCUT2D eigenvalue weighted by Crippen LogP contribution is -2.28. The summed E-state index contributed by atoms with van der Waals surface area (Å²) in [4.78, 5) is 0. The monoisotopic (exact) mass is 258 g/mol. The van der Waals surface area contributed by atoms with Crippen LogP contribution in [-0.2, 0) is 14.2 Å². The third kappa shape index (κ3) is 9.38. The van der Waals surface area contributed by atoms with Gasteiger partial charge in [-0.3, -0.25) is 0 Å². The molecule has 0 saturated heterocycles. The van der Waals surface area contributed by atoms with E-state index >= 15 is 0 Å². The number of halogens is 3. The van der Waals surface area contributed by atoms with E-state index in [0.717, 1.165) is 0 Å². The van der Waals surface area contributed by atoms with Gasteiger partial charge < -0.3 is 14.2 Å². The molecule has 0 rings (SSSR count). The normalized spacial score (nSPS) is 16.8. The second kappa shape index (κ2) is 10.8. The first-order valence-corrected chi connectivity index (χ1v) is 5.82. The number of ether oxygens (including phenoxy) is 3. The molecule has 0 heterocycles. The average Bonchev–Trinajstić information content (AvgIpc) is 2.36. The van der Waals surface area contributed by atoms with E-state index in [9.17, 15) is 13.2 Å². The lowest BCUT2D eigenvalue weighted by Gasteiger charge is -2.19. The summed E-state index contributed by atoms with van der Waals surface area (Å²) in [6, 6.07) is 0. The molecule has 0 aromatic carbocycles. The molecule has 0 aliphatic rings. The highest BCUT2D eigenvalue weighted by molar-refractivity contribution is 4.51. The van der Waals surface area contributed by atoms with Gasteiger partial charge in [0.25, 0.3) is 6.48 Å². The number of alkyl halides is 3. The van der Waals surface area contributed by atoms with E-state index < -0.39 is 25.5 Å². The van der Waals surface area contributed by atoms with Gasteiger partial charge in [-0.1, -0.05) is 13.8 Å². The quantitative estimate of drug-likeness (QED) is 0.533. The zero-order valence-electron chi connectivity index (χ0n) is 10.3. The van der Waals surface area contributed by atoms with E-state index in [1.807, 2.05) is 0 Å². The van der Waals surface area contributed by atoms with E-state index in [-0.39, 0.29) is 19.8 Å². The van der Waals surface area contributed by atoms with Crippen molar-refractivity contribution in [3.63, 3.8) is 0 Å². The van der Waals surface area contributed by atoms with Gasteiger partial charge in [0.15, 0.2) is 0 Å². The Morgan fingerprint density at radius 3 is 1.71 bits per heavy atom. The lowest BCUT2D eigenvalue weighted by molar-refractivity contribution is -0.296. The van der Waals surface area contributed by atoms with Crippen molar-refractivity contribution in [3.8, 4) is 0 Å². The maximum absolute atomic E-state index is 12.9. The molecule has 0 aromatic heterocycles. The third-order valence-corrected chi connectivity index (χ3v) is 2.04. The fourth-order valence-corrected chi connectivity index (χ4v) is 0.887. The summed E-state index contributed by atoms with van der Waals surface area (Å²) in [6.45, 7) is 0.773. The molecule has 0 fully saturated rings. The number of rotatable bonds is 11. The summed E-state index contributed by atoms with van der Waals surface area (Å²) in [5.74, 6) is 0. The van der Waals surface area contributed by atoms with Crippen LogP contribution in [0, 0.1) is 0 Å². The fraction of sp³-hybridized carbons (Fsp3) is 1.00. The Hall–Kier alpha value is -0.330. The van der Waals surface area contributed by atoms with Gasteiger partial charge in [-0.2, -0.15) is 0 Å². The zero-order valence-corrected chi connectivity index (χ0v) is 10.3. The van der Waals surface area contributed by atoms with Crippen LogP contribution >= 0.6 is 0 Å². The molecule has 17 heavy (non-hydrogen) atoms. The molecule has 0 amide bonds. The Morgan fingerprint density at radius 1 is 0.882 bits per heavy atom. The van der Waals surface area contributed by atoms with E-state index in [2.05, 4.69) is 0 Å². The summed E-state index contributed by atoms with van der Waals surface area (Å²) in [6.07, 6.45) is -1.67. The van der Waals surface area contributed by atoms with E-state index in [1.54, 1.807) is 13.8 Å². The molecular weight excluding hydrogens is 237 g/mol. The number of hydrogen-bond donors (Lipinski definition) is 0. The van der Waals surface area contributed by atoms with Crippen molar-refractivity contribution in [1.29, 1.82) is 0 Å². The molecule has 104 valence electrons. The van der Waals surface area contributed by atoms with Gasteiger partial charge >= 0.3 is 0 Å². The SMILES string of the molecule is CCC(F)COC(OCCF)OCC(F)CC. The van der Waals surface area contributed by atoms with Gasteiger partial charge in [-0.25, -0.2) is 13.2 Å². The second-order valence-electron chi connectivity index (χ2n) is 3.53.